The van der Waals surface area contributed by atoms with Gasteiger partial charge < -0.3 is 5.11 Å². The van der Waals surface area contributed by atoms with Crippen LogP contribution in [-0.2, 0) is 0 Å². The molecular formula is C10H5BrClNO2. The summed E-state index contributed by atoms with van der Waals surface area (Å²) >= 11 is 9.25. The molecule has 0 aliphatic heterocycles. The number of carboxylic acids is 1. The third-order valence-electron chi connectivity index (χ3n) is 2.02. The van der Waals surface area contributed by atoms with Gasteiger partial charge in [-0.15, -0.1) is 0 Å². The van der Waals surface area contributed by atoms with Crippen LogP contribution in [0.2, 0.25) is 5.02 Å². The van der Waals surface area contributed by atoms with Gasteiger partial charge in [-0.3, -0.25) is 0 Å². The summed E-state index contributed by atoms with van der Waals surface area (Å²) in [6.07, 6.45) is 1.46. The van der Waals surface area contributed by atoms with E-state index in [4.69, 9.17) is 16.7 Å². The number of benzene rings is 1. The zero-order valence-electron chi connectivity index (χ0n) is 7.37. The summed E-state index contributed by atoms with van der Waals surface area (Å²) < 4.78 is 0.727. The van der Waals surface area contributed by atoms with E-state index in [1.807, 2.05) is 0 Å². The molecular weight excluding hydrogens is 281 g/mol. The maximum absolute atomic E-state index is 10.9. The van der Waals surface area contributed by atoms with Crippen molar-refractivity contribution in [3.63, 3.8) is 0 Å². The van der Waals surface area contributed by atoms with Gasteiger partial charge in [-0.2, -0.15) is 0 Å². The molecule has 1 heterocycles. The molecule has 0 atom stereocenters. The van der Waals surface area contributed by atoms with Crippen LogP contribution in [0.25, 0.3) is 10.8 Å². The van der Waals surface area contributed by atoms with E-state index in [2.05, 4.69) is 20.9 Å². The maximum Gasteiger partial charge on any atom is 0.355 e. The predicted molar refractivity (Wildman–Crippen MR) is 61.4 cm³/mol. The van der Waals surface area contributed by atoms with Gasteiger partial charge in [-0.05, 0) is 22.0 Å². The zero-order valence-corrected chi connectivity index (χ0v) is 9.71. The molecule has 0 aliphatic rings. The fourth-order valence-electron chi connectivity index (χ4n) is 1.38. The van der Waals surface area contributed by atoms with E-state index < -0.39 is 5.97 Å². The highest BCUT2D eigenvalue weighted by molar-refractivity contribution is 9.10. The maximum atomic E-state index is 10.9. The number of pyridine rings is 1. The quantitative estimate of drug-likeness (QED) is 0.874. The predicted octanol–water partition coefficient (Wildman–Crippen LogP) is 3.35. The number of carbonyl (C=O) groups is 1. The molecule has 0 bridgehead atoms. The normalized spacial score (nSPS) is 10.5. The first-order valence-corrected chi connectivity index (χ1v) is 5.24. The smallest absolute Gasteiger partial charge is 0.355 e. The number of fused-ring (bicyclic) bond motifs is 1. The monoisotopic (exact) mass is 285 g/mol. The Hall–Kier alpha value is -1.13. The molecule has 2 rings (SSSR count). The van der Waals surface area contributed by atoms with Crippen molar-refractivity contribution in [2.45, 2.75) is 0 Å². The van der Waals surface area contributed by atoms with Gasteiger partial charge in [0.25, 0.3) is 0 Å². The van der Waals surface area contributed by atoms with Gasteiger partial charge in [0.15, 0.2) is 5.69 Å². The van der Waals surface area contributed by atoms with Crippen LogP contribution < -0.4 is 0 Å². The number of rotatable bonds is 1. The van der Waals surface area contributed by atoms with Gasteiger partial charge in [-0.1, -0.05) is 23.7 Å². The summed E-state index contributed by atoms with van der Waals surface area (Å²) in [6.45, 7) is 0. The second-order valence-corrected chi connectivity index (χ2v) is 4.18. The van der Waals surface area contributed by atoms with E-state index in [0.717, 1.165) is 9.86 Å². The van der Waals surface area contributed by atoms with Crippen LogP contribution in [0, 0.1) is 0 Å². The second-order valence-electron chi connectivity index (χ2n) is 2.92. The van der Waals surface area contributed by atoms with Crippen molar-refractivity contribution >= 4 is 44.3 Å². The van der Waals surface area contributed by atoms with E-state index >= 15 is 0 Å². The molecule has 5 heteroatoms. The zero-order chi connectivity index (χ0) is 11.0. The third-order valence-corrected chi connectivity index (χ3v) is 2.96. The highest BCUT2D eigenvalue weighted by atomic mass is 79.9. The summed E-state index contributed by atoms with van der Waals surface area (Å²) in [4.78, 5) is 14.8. The number of halogens is 2. The average molecular weight is 287 g/mol. The number of hydrogen-bond acceptors (Lipinski definition) is 2. The summed E-state index contributed by atoms with van der Waals surface area (Å²) in [6, 6.07) is 5.20. The van der Waals surface area contributed by atoms with Gasteiger partial charge in [0.1, 0.15) is 0 Å². The van der Waals surface area contributed by atoms with Crippen molar-refractivity contribution in [2.24, 2.45) is 0 Å². The Morgan fingerprint density at radius 2 is 2.20 bits per heavy atom. The summed E-state index contributed by atoms with van der Waals surface area (Å²) in [5.74, 6) is -1.08. The molecule has 0 amide bonds. The average Bonchev–Trinajstić information content (AvgIpc) is 2.19. The van der Waals surface area contributed by atoms with Gasteiger partial charge in [-0.25, -0.2) is 9.78 Å². The Kier molecular flexibility index (Phi) is 2.63. The van der Waals surface area contributed by atoms with Crippen molar-refractivity contribution in [1.82, 2.24) is 4.98 Å². The van der Waals surface area contributed by atoms with Crippen molar-refractivity contribution in [3.8, 4) is 0 Å². The van der Waals surface area contributed by atoms with E-state index in [1.54, 1.807) is 18.2 Å². The molecule has 0 aliphatic carbocycles. The van der Waals surface area contributed by atoms with Crippen LogP contribution in [0.4, 0.5) is 0 Å². The first kappa shape index (κ1) is 10.4. The molecule has 76 valence electrons. The van der Waals surface area contributed by atoms with Gasteiger partial charge in [0, 0.05) is 21.4 Å². The lowest BCUT2D eigenvalue weighted by Crippen LogP contribution is -2.01. The molecule has 0 saturated heterocycles. The Balaban J connectivity index is 2.96. The lowest BCUT2D eigenvalue weighted by molar-refractivity contribution is 0.0693. The third kappa shape index (κ3) is 1.70. The Labute approximate surface area is 98.8 Å². The van der Waals surface area contributed by atoms with Gasteiger partial charge in [0.05, 0.1) is 5.02 Å². The number of hydrogen-bond donors (Lipinski definition) is 1. The number of aromatic carboxylic acids is 1. The standard InChI is InChI=1S/C10H5BrClNO2/c11-6-4-13-9(10(14)15)8-5(6)2-1-3-7(8)12/h1-4H,(H,14,15). The van der Waals surface area contributed by atoms with Crippen LogP contribution in [0.5, 0.6) is 0 Å². The van der Waals surface area contributed by atoms with Gasteiger partial charge in [0.2, 0.25) is 0 Å². The van der Waals surface area contributed by atoms with Crippen LogP contribution in [0.3, 0.4) is 0 Å². The highest BCUT2D eigenvalue weighted by Crippen LogP contribution is 2.30. The minimum absolute atomic E-state index is 0.0289. The summed E-state index contributed by atoms with van der Waals surface area (Å²) in [7, 11) is 0. The number of aromatic nitrogens is 1. The fraction of sp³-hybridized carbons (Fsp3) is 0. The van der Waals surface area contributed by atoms with Crippen LogP contribution >= 0.6 is 27.5 Å². The molecule has 15 heavy (non-hydrogen) atoms. The van der Waals surface area contributed by atoms with Crippen LogP contribution in [-0.4, -0.2) is 16.1 Å². The molecule has 0 fully saturated rings. The Morgan fingerprint density at radius 3 is 2.87 bits per heavy atom. The molecule has 1 aromatic carbocycles. The lowest BCUT2D eigenvalue weighted by atomic mass is 10.1. The fourth-order valence-corrected chi connectivity index (χ4v) is 2.08. The van der Waals surface area contributed by atoms with Gasteiger partial charge >= 0.3 is 5.97 Å². The molecule has 2 aromatic rings. The molecule has 1 aromatic heterocycles. The first-order chi connectivity index (χ1) is 7.11. The van der Waals surface area contributed by atoms with Crippen molar-refractivity contribution < 1.29 is 9.90 Å². The largest absolute Gasteiger partial charge is 0.476 e. The van der Waals surface area contributed by atoms with E-state index in [0.29, 0.717) is 10.4 Å². The molecule has 0 spiro atoms. The lowest BCUT2D eigenvalue weighted by Gasteiger charge is -2.05. The van der Waals surface area contributed by atoms with Crippen molar-refractivity contribution in [2.75, 3.05) is 0 Å². The molecule has 0 saturated carbocycles. The van der Waals surface area contributed by atoms with Crippen LogP contribution in [0.1, 0.15) is 10.5 Å². The van der Waals surface area contributed by atoms with E-state index in [9.17, 15) is 4.79 Å². The summed E-state index contributed by atoms with van der Waals surface area (Å²) in [5.41, 5.74) is -0.0289. The second kappa shape index (κ2) is 3.79. The highest BCUT2D eigenvalue weighted by Gasteiger charge is 2.14. The van der Waals surface area contributed by atoms with E-state index in [1.165, 1.54) is 6.20 Å². The molecule has 1 N–H and O–H groups in total. The Bertz CT molecular complexity index is 556. The number of carboxylic acid groups (broad SMARTS) is 1. The Morgan fingerprint density at radius 1 is 1.47 bits per heavy atom. The summed E-state index contributed by atoms with van der Waals surface area (Å²) in [5, 5.41) is 10.6. The minimum Gasteiger partial charge on any atom is -0.476 e. The molecule has 0 radical (unpaired) electrons. The molecule has 0 unspecified atom stereocenters. The number of nitrogens with zero attached hydrogens (tertiary/aromatic N) is 1. The van der Waals surface area contributed by atoms with E-state index in [-0.39, 0.29) is 5.69 Å². The minimum atomic E-state index is -1.08. The SMILES string of the molecule is O=C(O)c1ncc(Br)c2cccc(Cl)c12. The van der Waals surface area contributed by atoms with Crippen LogP contribution in [0.15, 0.2) is 28.9 Å². The van der Waals surface area contributed by atoms with Crippen molar-refractivity contribution in [1.29, 1.82) is 0 Å². The first-order valence-electron chi connectivity index (χ1n) is 4.07. The molecule has 3 nitrogen and oxygen atoms in total. The topological polar surface area (TPSA) is 50.2 Å². The van der Waals surface area contributed by atoms with Crippen molar-refractivity contribution in [3.05, 3.63) is 39.6 Å².